The molecule has 0 aliphatic carbocycles. The minimum Gasteiger partial charge on any atom is -0.490 e. The second-order valence-corrected chi connectivity index (χ2v) is 7.55. The van der Waals surface area contributed by atoms with E-state index in [0.29, 0.717) is 26.2 Å². The number of hydrogen-bond donors (Lipinski definition) is 1. The Balaban J connectivity index is 1.73. The molecule has 0 saturated carbocycles. The van der Waals surface area contributed by atoms with Crippen LogP contribution < -0.4 is 14.8 Å². The van der Waals surface area contributed by atoms with E-state index in [-0.39, 0.29) is 17.7 Å². The predicted octanol–water partition coefficient (Wildman–Crippen LogP) is 4.01. The van der Waals surface area contributed by atoms with Gasteiger partial charge in [-0.2, -0.15) is 5.26 Å². The minimum atomic E-state index is -0.248. The monoisotopic (exact) mass is 380 g/mol. The van der Waals surface area contributed by atoms with Crippen molar-refractivity contribution in [3.05, 3.63) is 59.7 Å². The Kier molecular flexibility index (Phi) is 7.88. The van der Waals surface area contributed by atoms with Crippen molar-refractivity contribution in [2.24, 2.45) is 0 Å². The first-order valence-corrected chi connectivity index (χ1v) is 9.47. The summed E-state index contributed by atoms with van der Waals surface area (Å²) >= 11 is 0. The third kappa shape index (κ3) is 7.32. The molecule has 0 bridgehead atoms. The largest absolute Gasteiger partial charge is 0.490 e. The Morgan fingerprint density at radius 3 is 2.36 bits per heavy atom. The van der Waals surface area contributed by atoms with Crippen LogP contribution in [0, 0.1) is 11.3 Å². The van der Waals surface area contributed by atoms with E-state index in [0.717, 1.165) is 17.1 Å². The van der Waals surface area contributed by atoms with Crippen LogP contribution in [-0.2, 0) is 16.6 Å². The number of amides is 1. The van der Waals surface area contributed by atoms with Gasteiger partial charge in [-0.05, 0) is 47.2 Å². The topological polar surface area (TPSA) is 71.3 Å². The maximum atomic E-state index is 11.3. The van der Waals surface area contributed by atoms with Crippen LogP contribution in [-0.4, -0.2) is 25.7 Å². The highest BCUT2D eigenvalue weighted by atomic mass is 16.5. The number of carbonyl (C=O) groups is 1. The lowest BCUT2D eigenvalue weighted by atomic mass is 9.87. The van der Waals surface area contributed by atoms with Gasteiger partial charge in [-0.1, -0.05) is 45.0 Å². The van der Waals surface area contributed by atoms with Crippen molar-refractivity contribution in [2.75, 3.05) is 19.8 Å². The van der Waals surface area contributed by atoms with Crippen molar-refractivity contribution in [2.45, 2.75) is 39.0 Å². The summed E-state index contributed by atoms with van der Waals surface area (Å²) < 4.78 is 11.5. The van der Waals surface area contributed by atoms with Crippen LogP contribution in [0.3, 0.4) is 0 Å². The number of nitrogens with one attached hydrogen (secondary N) is 1. The van der Waals surface area contributed by atoms with E-state index in [1.165, 1.54) is 5.56 Å². The van der Waals surface area contributed by atoms with Gasteiger partial charge in [0, 0.05) is 6.54 Å². The van der Waals surface area contributed by atoms with Crippen LogP contribution in [0.4, 0.5) is 0 Å². The van der Waals surface area contributed by atoms with Crippen LogP contribution >= 0.6 is 0 Å². The first-order chi connectivity index (χ1) is 13.4. The molecule has 0 atom stereocenters. The molecule has 0 heterocycles. The van der Waals surface area contributed by atoms with Gasteiger partial charge < -0.3 is 14.8 Å². The molecule has 2 aromatic carbocycles. The van der Waals surface area contributed by atoms with E-state index in [2.05, 4.69) is 38.2 Å². The molecule has 28 heavy (non-hydrogen) atoms. The highest BCUT2D eigenvalue weighted by Gasteiger charge is 2.12. The summed E-state index contributed by atoms with van der Waals surface area (Å²) in [5, 5.41) is 11.2. The second kappa shape index (κ2) is 10.4. The van der Waals surface area contributed by atoms with Gasteiger partial charge in [0.25, 0.3) is 0 Å². The fourth-order valence-corrected chi connectivity index (χ4v) is 2.64. The van der Waals surface area contributed by atoms with Crippen LogP contribution in [0.1, 0.15) is 38.3 Å². The van der Waals surface area contributed by atoms with Gasteiger partial charge in [0.15, 0.2) is 0 Å². The molecular formula is C23H28N2O3. The Labute approximate surface area is 167 Å². The Hall–Kier alpha value is -3.00. The average Bonchev–Trinajstić information content (AvgIpc) is 2.65. The fraction of sp³-hybridized carbons (Fsp3) is 0.391. The van der Waals surface area contributed by atoms with E-state index >= 15 is 0 Å². The molecule has 0 aliphatic heterocycles. The summed E-state index contributed by atoms with van der Waals surface area (Å²) in [4.78, 5) is 11.3. The van der Waals surface area contributed by atoms with Gasteiger partial charge in [-0.15, -0.1) is 0 Å². The normalized spacial score (nSPS) is 10.8. The molecule has 0 unspecified atom stereocenters. The van der Waals surface area contributed by atoms with E-state index in [9.17, 15) is 4.79 Å². The molecule has 0 fully saturated rings. The third-order valence-electron chi connectivity index (χ3n) is 4.22. The first kappa shape index (κ1) is 21.3. The zero-order valence-corrected chi connectivity index (χ0v) is 16.8. The smallest absolute Gasteiger partial charge is 0.234 e. The zero-order chi connectivity index (χ0) is 20.4. The molecule has 2 aromatic rings. The maximum Gasteiger partial charge on any atom is 0.234 e. The van der Waals surface area contributed by atoms with Gasteiger partial charge in [-0.25, -0.2) is 0 Å². The van der Waals surface area contributed by atoms with Gasteiger partial charge in [0.05, 0.1) is 6.07 Å². The minimum absolute atomic E-state index is 0.109. The maximum absolute atomic E-state index is 11.3. The highest BCUT2D eigenvalue weighted by molar-refractivity contribution is 5.77. The fourth-order valence-electron chi connectivity index (χ4n) is 2.64. The summed E-state index contributed by atoms with van der Waals surface area (Å²) in [6.07, 6.45) is 0.576. The SMILES string of the molecule is CC(C)(C)c1ccc(OCCOc2cccc(CCNC(=O)CC#N)c2)cc1. The summed E-state index contributed by atoms with van der Waals surface area (Å²) in [5.41, 5.74) is 2.47. The quantitative estimate of drug-likeness (QED) is 0.667. The van der Waals surface area contributed by atoms with Crippen LogP contribution in [0.15, 0.2) is 48.5 Å². The van der Waals surface area contributed by atoms with E-state index in [1.807, 2.05) is 42.5 Å². The Morgan fingerprint density at radius 2 is 1.71 bits per heavy atom. The lowest BCUT2D eigenvalue weighted by molar-refractivity contribution is -0.120. The molecule has 5 heteroatoms. The molecular weight excluding hydrogens is 352 g/mol. The van der Waals surface area contributed by atoms with E-state index in [4.69, 9.17) is 14.7 Å². The molecule has 0 saturated heterocycles. The molecule has 0 radical (unpaired) electrons. The second-order valence-electron chi connectivity index (χ2n) is 7.55. The number of hydrogen-bond acceptors (Lipinski definition) is 4. The van der Waals surface area contributed by atoms with Crippen molar-refractivity contribution in [3.63, 3.8) is 0 Å². The van der Waals surface area contributed by atoms with Crippen LogP contribution in [0.2, 0.25) is 0 Å². The molecule has 5 nitrogen and oxygen atoms in total. The van der Waals surface area contributed by atoms with Gasteiger partial charge in [0.2, 0.25) is 5.91 Å². The summed E-state index contributed by atoms with van der Waals surface area (Å²) in [5.74, 6) is 1.36. The van der Waals surface area contributed by atoms with Crippen molar-refractivity contribution in [1.82, 2.24) is 5.32 Å². The molecule has 0 spiro atoms. The summed E-state index contributed by atoms with van der Waals surface area (Å²) in [7, 11) is 0. The van der Waals surface area contributed by atoms with Gasteiger partial charge in [0.1, 0.15) is 31.1 Å². The van der Waals surface area contributed by atoms with Crippen molar-refractivity contribution >= 4 is 5.91 Å². The van der Waals surface area contributed by atoms with E-state index in [1.54, 1.807) is 0 Å². The van der Waals surface area contributed by atoms with Crippen LogP contribution in [0.25, 0.3) is 0 Å². The summed E-state index contributed by atoms with van der Waals surface area (Å²) in [6, 6.07) is 17.8. The number of rotatable bonds is 9. The molecule has 0 aromatic heterocycles. The molecule has 0 aliphatic rings. The number of nitriles is 1. The van der Waals surface area contributed by atoms with Crippen molar-refractivity contribution < 1.29 is 14.3 Å². The van der Waals surface area contributed by atoms with Gasteiger partial charge >= 0.3 is 0 Å². The highest BCUT2D eigenvalue weighted by Crippen LogP contribution is 2.24. The standard InChI is InChI=1S/C23H28N2O3/c1-23(2,3)19-7-9-20(10-8-19)27-15-16-28-21-6-4-5-18(17-21)12-14-25-22(26)11-13-24/h4-10,17H,11-12,14-16H2,1-3H3,(H,25,26). The average molecular weight is 380 g/mol. The Morgan fingerprint density at radius 1 is 1.04 bits per heavy atom. The molecule has 148 valence electrons. The lowest BCUT2D eigenvalue weighted by Gasteiger charge is -2.19. The number of ether oxygens (including phenoxy) is 2. The van der Waals surface area contributed by atoms with Crippen molar-refractivity contribution in [1.29, 1.82) is 5.26 Å². The molecule has 1 N–H and O–H groups in total. The number of benzene rings is 2. The van der Waals surface area contributed by atoms with Crippen LogP contribution in [0.5, 0.6) is 11.5 Å². The zero-order valence-electron chi connectivity index (χ0n) is 16.8. The van der Waals surface area contributed by atoms with Crippen molar-refractivity contribution in [3.8, 4) is 17.6 Å². The number of carbonyl (C=O) groups excluding carboxylic acids is 1. The Bertz CT molecular complexity index is 802. The molecule has 2 rings (SSSR count). The van der Waals surface area contributed by atoms with E-state index < -0.39 is 0 Å². The number of nitrogens with zero attached hydrogens (tertiary/aromatic N) is 1. The predicted molar refractivity (Wildman–Crippen MR) is 110 cm³/mol. The molecule has 1 amide bonds. The first-order valence-electron chi connectivity index (χ1n) is 9.47. The lowest BCUT2D eigenvalue weighted by Crippen LogP contribution is -2.24. The third-order valence-corrected chi connectivity index (χ3v) is 4.22. The van der Waals surface area contributed by atoms with Gasteiger partial charge in [-0.3, -0.25) is 4.79 Å². The summed E-state index contributed by atoms with van der Waals surface area (Å²) in [6.45, 7) is 7.96.